The molecule has 170 valence electrons. The molecule has 0 saturated carbocycles. The van der Waals surface area contributed by atoms with Gasteiger partial charge in [0.2, 0.25) is 5.75 Å². The van der Waals surface area contributed by atoms with Crippen molar-refractivity contribution in [1.29, 1.82) is 0 Å². The molecule has 32 heavy (non-hydrogen) atoms. The summed E-state index contributed by atoms with van der Waals surface area (Å²) in [6.07, 6.45) is 0. The summed E-state index contributed by atoms with van der Waals surface area (Å²) in [5.74, 6) is -0.774. The summed E-state index contributed by atoms with van der Waals surface area (Å²) in [5.41, 5.74) is 0.810. The summed E-state index contributed by atoms with van der Waals surface area (Å²) in [7, 11) is 5.91. The van der Waals surface area contributed by atoms with E-state index in [-0.39, 0.29) is 24.5 Å². The van der Waals surface area contributed by atoms with Gasteiger partial charge in [0, 0.05) is 24.2 Å². The zero-order chi connectivity index (χ0) is 23.4. The zero-order valence-corrected chi connectivity index (χ0v) is 18.9. The van der Waals surface area contributed by atoms with Gasteiger partial charge >= 0.3 is 0 Å². The number of rotatable bonds is 8. The fraction of sp³-hybridized carbons (Fsp3) is 0.304. The highest BCUT2D eigenvalue weighted by molar-refractivity contribution is 6.46. The number of aliphatic hydroxyl groups excluding tert-OH is 1. The minimum atomic E-state index is -0.894. The third kappa shape index (κ3) is 4.24. The van der Waals surface area contributed by atoms with Crippen LogP contribution in [0.5, 0.6) is 17.2 Å². The summed E-state index contributed by atoms with van der Waals surface area (Å²) >= 11 is 5.95. The largest absolute Gasteiger partial charge is 0.507 e. The molecule has 9 heteroatoms. The van der Waals surface area contributed by atoms with Crippen LogP contribution in [0.2, 0.25) is 5.02 Å². The van der Waals surface area contributed by atoms with Gasteiger partial charge in [-0.1, -0.05) is 11.6 Å². The number of aliphatic hydroxyl groups is 1. The van der Waals surface area contributed by atoms with Gasteiger partial charge in [0.05, 0.1) is 39.6 Å². The van der Waals surface area contributed by atoms with Crippen molar-refractivity contribution in [3.63, 3.8) is 0 Å². The Morgan fingerprint density at radius 1 is 1.00 bits per heavy atom. The number of carbonyl (C=O) groups is 2. The Morgan fingerprint density at radius 3 is 2.09 bits per heavy atom. The number of hydrogen-bond acceptors (Lipinski definition) is 7. The Hall–Kier alpha value is -3.23. The fourth-order valence-corrected chi connectivity index (χ4v) is 3.80. The Labute approximate surface area is 190 Å². The second-order valence-corrected chi connectivity index (χ2v) is 7.39. The Bertz CT molecular complexity index is 1020. The highest BCUT2D eigenvalue weighted by Crippen LogP contribution is 2.45. The molecule has 0 aromatic heterocycles. The summed E-state index contributed by atoms with van der Waals surface area (Å²) in [6.45, 7) is 0.342. The number of ether oxygens (including phenoxy) is 4. The molecule has 2 aromatic carbocycles. The van der Waals surface area contributed by atoms with E-state index in [1.807, 2.05) is 0 Å². The van der Waals surface area contributed by atoms with Crippen molar-refractivity contribution in [2.75, 3.05) is 41.6 Å². The van der Waals surface area contributed by atoms with Crippen molar-refractivity contribution in [2.24, 2.45) is 0 Å². The molecule has 2 aromatic rings. The molecule has 3 rings (SSSR count). The predicted molar refractivity (Wildman–Crippen MR) is 118 cm³/mol. The van der Waals surface area contributed by atoms with E-state index in [2.05, 4.69) is 0 Å². The molecule has 0 spiro atoms. The molecular formula is C23H24ClNO7. The zero-order valence-electron chi connectivity index (χ0n) is 18.2. The molecule has 1 heterocycles. The predicted octanol–water partition coefficient (Wildman–Crippen LogP) is 3.43. The number of halogens is 1. The molecule has 1 N–H and O–H groups in total. The van der Waals surface area contributed by atoms with Gasteiger partial charge in [-0.15, -0.1) is 0 Å². The van der Waals surface area contributed by atoms with Gasteiger partial charge in [-0.3, -0.25) is 9.59 Å². The lowest BCUT2D eigenvalue weighted by atomic mass is 9.94. The fourth-order valence-electron chi connectivity index (χ4n) is 3.67. The van der Waals surface area contributed by atoms with Crippen LogP contribution in [0, 0.1) is 0 Å². The van der Waals surface area contributed by atoms with Crippen molar-refractivity contribution >= 4 is 29.1 Å². The van der Waals surface area contributed by atoms with Gasteiger partial charge < -0.3 is 29.0 Å². The molecule has 1 aliphatic heterocycles. The van der Waals surface area contributed by atoms with Crippen molar-refractivity contribution < 1.29 is 33.6 Å². The molecule has 1 amide bonds. The first-order valence-corrected chi connectivity index (χ1v) is 10.1. The molecule has 1 unspecified atom stereocenters. The Balaban J connectivity index is 2.25. The van der Waals surface area contributed by atoms with E-state index in [1.54, 1.807) is 36.4 Å². The van der Waals surface area contributed by atoms with E-state index in [0.717, 1.165) is 0 Å². The normalized spacial score (nSPS) is 17.5. The van der Waals surface area contributed by atoms with Crippen LogP contribution in [0.3, 0.4) is 0 Å². The van der Waals surface area contributed by atoms with Gasteiger partial charge in [0.1, 0.15) is 5.76 Å². The minimum absolute atomic E-state index is 0.0531. The van der Waals surface area contributed by atoms with Gasteiger partial charge in [-0.05, 0) is 42.0 Å². The Kier molecular flexibility index (Phi) is 7.27. The second kappa shape index (κ2) is 9.93. The maximum Gasteiger partial charge on any atom is 0.295 e. The van der Waals surface area contributed by atoms with Crippen LogP contribution < -0.4 is 14.2 Å². The summed E-state index contributed by atoms with van der Waals surface area (Å²) in [4.78, 5) is 27.3. The van der Waals surface area contributed by atoms with Crippen LogP contribution in [-0.2, 0) is 14.3 Å². The van der Waals surface area contributed by atoms with E-state index >= 15 is 0 Å². The average Bonchev–Trinajstić information content (AvgIpc) is 3.06. The molecule has 1 aliphatic rings. The third-order valence-corrected chi connectivity index (χ3v) is 5.45. The summed E-state index contributed by atoms with van der Waals surface area (Å²) < 4.78 is 21.4. The molecule has 0 radical (unpaired) electrons. The van der Waals surface area contributed by atoms with Gasteiger partial charge in [-0.25, -0.2) is 0 Å². The van der Waals surface area contributed by atoms with Crippen molar-refractivity contribution in [3.8, 4) is 17.2 Å². The SMILES string of the molecule is COCCN1C(=O)C(=O)C(=C(O)c2ccc(Cl)cc2)C1c1cc(OC)c(OC)c(OC)c1. The van der Waals surface area contributed by atoms with Crippen LogP contribution in [0.15, 0.2) is 42.0 Å². The van der Waals surface area contributed by atoms with E-state index in [0.29, 0.717) is 33.4 Å². The number of Topliss-reactive ketones (excluding diaryl/α,β-unsaturated/α-hetero) is 1. The lowest BCUT2D eigenvalue weighted by Crippen LogP contribution is -2.32. The monoisotopic (exact) mass is 461 g/mol. The highest BCUT2D eigenvalue weighted by Gasteiger charge is 2.46. The first-order valence-electron chi connectivity index (χ1n) is 9.71. The first kappa shape index (κ1) is 23.4. The Morgan fingerprint density at radius 2 is 1.59 bits per heavy atom. The topological polar surface area (TPSA) is 94.5 Å². The number of nitrogens with zero attached hydrogens (tertiary/aromatic N) is 1. The van der Waals surface area contributed by atoms with Crippen LogP contribution in [0.1, 0.15) is 17.2 Å². The summed E-state index contributed by atoms with van der Waals surface area (Å²) in [6, 6.07) is 8.73. The lowest BCUT2D eigenvalue weighted by Gasteiger charge is -2.26. The standard InChI is InChI=1S/C23H24ClNO7/c1-29-10-9-25-19(14-11-16(30-2)22(32-4)17(12-14)31-3)18(21(27)23(25)28)20(26)13-5-7-15(24)8-6-13/h5-8,11-12,19,26H,9-10H2,1-4H3. The minimum Gasteiger partial charge on any atom is -0.507 e. The van der Waals surface area contributed by atoms with Crippen molar-refractivity contribution in [1.82, 2.24) is 4.90 Å². The van der Waals surface area contributed by atoms with Gasteiger partial charge in [0.15, 0.2) is 11.5 Å². The summed E-state index contributed by atoms with van der Waals surface area (Å²) in [5, 5.41) is 11.5. The quantitative estimate of drug-likeness (QED) is 0.365. The van der Waals surface area contributed by atoms with Crippen molar-refractivity contribution in [2.45, 2.75) is 6.04 Å². The number of hydrogen-bond donors (Lipinski definition) is 1. The molecule has 1 saturated heterocycles. The van der Waals surface area contributed by atoms with E-state index in [1.165, 1.54) is 33.3 Å². The molecule has 1 atom stereocenters. The first-order chi connectivity index (χ1) is 15.4. The smallest absolute Gasteiger partial charge is 0.295 e. The number of amides is 1. The van der Waals surface area contributed by atoms with Gasteiger partial charge in [0.25, 0.3) is 11.7 Å². The highest BCUT2D eigenvalue weighted by atomic mass is 35.5. The van der Waals surface area contributed by atoms with Crippen LogP contribution in [0.25, 0.3) is 5.76 Å². The number of carbonyl (C=O) groups excluding carboxylic acids is 2. The maximum absolute atomic E-state index is 13.0. The molecule has 1 fully saturated rings. The lowest BCUT2D eigenvalue weighted by molar-refractivity contribution is -0.140. The molecule has 8 nitrogen and oxygen atoms in total. The molecular weight excluding hydrogens is 438 g/mol. The van der Waals surface area contributed by atoms with E-state index < -0.39 is 17.7 Å². The second-order valence-electron chi connectivity index (χ2n) is 6.95. The van der Waals surface area contributed by atoms with Crippen LogP contribution >= 0.6 is 11.6 Å². The molecule has 0 aliphatic carbocycles. The van der Waals surface area contributed by atoms with Gasteiger partial charge in [-0.2, -0.15) is 0 Å². The number of ketones is 1. The van der Waals surface area contributed by atoms with Crippen LogP contribution in [-0.4, -0.2) is 63.3 Å². The number of benzene rings is 2. The van der Waals surface area contributed by atoms with E-state index in [9.17, 15) is 14.7 Å². The number of likely N-dealkylation sites (tertiary alicyclic amines) is 1. The third-order valence-electron chi connectivity index (χ3n) is 5.20. The number of methoxy groups -OCH3 is 4. The van der Waals surface area contributed by atoms with E-state index in [4.69, 9.17) is 30.5 Å². The average molecular weight is 462 g/mol. The van der Waals surface area contributed by atoms with Crippen molar-refractivity contribution in [3.05, 3.63) is 58.1 Å². The van der Waals surface area contributed by atoms with Crippen LogP contribution in [0.4, 0.5) is 0 Å². The molecule has 0 bridgehead atoms. The maximum atomic E-state index is 13.0.